The van der Waals surface area contributed by atoms with E-state index in [2.05, 4.69) is 12.1 Å². The van der Waals surface area contributed by atoms with Crippen LogP contribution in [0, 0.1) is 0 Å². The van der Waals surface area contributed by atoms with Crippen LogP contribution in [-0.4, -0.2) is 46.7 Å². The van der Waals surface area contributed by atoms with Crippen molar-refractivity contribution >= 4 is 17.7 Å². The van der Waals surface area contributed by atoms with Gasteiger partial charge in [-0.3, -0.25) is 19.3 Å². The maximum absolute atomic E-state index is 13.2. The molecule has 0 bridgehead atoms. The molecule has 1 saturated heterocycles. The number of aryl methyl sites for hydroxylation is 1. The summed E-state index contributed by atoms with van der Waals surface area (Å²) in [5, 5.41) is 0. The van der Waals surface area contributed by atoms with E-state index in [4.69, 9.17) is 0 Å². The van der Waals surface area contributed by atoms with E-state index in [9.17, 15) is 14.4 Å². The smallest absolute Gasteiger partial charge is 0.261 e. The molecule has 0 radical (unpaired) electrons. The number of carbonyl (C=O) groups is 3. The number of hydrogen-bond acceptors (Lipinski definition) is 3. The quantitative estimate of drug-likeness (QED) is 0.646. The third-order valence-electron chi connectivity index (χ3n) is 6.20. The van der Waals surface area contributed by atoms with E-state index >= 15 is 0 Å². The van der Waals surface area contributed by atoms with Gasteiger partial charge in [0, 0.05) is 24.7 Å². The molecule has 1 unspecified atom stereocenters. The molecule has 2 aliphatic heterocycles. The molecule has 30 heavy (non-hydrogen) atoms. The molecule has 156 valence electrons. The van der Waals surface area contributed by atoms with Crippen LogP contribution in [0.4, 0.5) is 0 Å². The van der Waals surface area contributed by atoms with Crippen LogP contribution in [0.1, 0.15) is 75.7 Å². The monoisotopic (exact) mass is 404 g/mol. The molecule has 1 fully saturated rings. The summed E-state index contributed by atoms with van der Waals surface area (Å²) in [6.07, 6.45) is 5.58. The lowest BCUT2D eigenvalue weighted by Crippen LogP contribution is -2.36. The van der Waals surface area contributed by atoms with Crippen LogP contribution in [0.25, 0.3) is 0 Å². The van der Waals surface area contributed by atoms with Crippen molar-refractivity contribution < 1.29 is 14.4 Å². The Bertz CT molecular complexity index is 954. The molecule has 2 aliphatic rings. The van der Waals surface area contributed by atoms with E-state index in [1.165, 1.54) is 10.5 Å². The highest BCUT2D eigenvalue weighted by Gasteiger charge is 2.36. The van der Waals surface area contributed by atoms with Crippen molar-refractivity contribution in [1.82, 2.24) is 9.80 Å². The van der Waals surface area contributed by atoms with Crippen LogP contribution in [-0.2, 0) is 6.42 Å². The molecule has 2 aromatic carbocycles. The zero-order valence-electron chi connectivity index (χ0n) is 17.5. The summed E-state index contributed by atoms with van der Waals surface area (Å²) in [5.74, 6) is -0.565. The Morgan fingerprint density at radius 3 is 2.57 bits per heavy atom. The van der Waals surface area contributed by atoms with E-state index < -0.39 is 0 Å². The predicted octanol–water partition coefficient (Wildman–Crippen LogP) is 4.32. The molecule has 5 heteroatoms. The lowest BCUT2D eigenvalue weighted by molar-refractivity contribution is 0.0651. The minimum absolute atomic E-state index is 0.0411. The first kappa shape index (κ1) is 20.3. The third kappa shape index (κ3) is 3.89. The number of imide groups is 1. The minimum atomic E-state index is -0.278. The van der Waals surface area contributed by atoms with Gasteiger partial charge in [0.2, 0.25) is 0 Å². The van der Waals surface area contributed by atoms with Gasteiger partial charge < -0.3 is 4.90 Å². The highest BCUT2D eigenvalue weighted by molar-refractivity contribution is 6.22. The van der Waals surface area contributed by atoms with E-state index in [0.717, 1.165) is 45.1 Å². The number of rotatable bonds is 7. The minimum Gasteiger partial charge on any atom is -0.336 e. The Morgan fingerprint density at radius 2 is 1.80 bits per heavy atom. The first-order chi connectivity index (χ1) is 14.6. The van der Waals surface area contributed by atoms with E-state index in [-0.39, 0.29) is 23.8 Å². The van der Waals surface area contributed by atoms with Gasteiger partial charge >= 0.3 is 0 Å². The molecule has 2 aromatic rings. The van der Waals surface area contributed by atoms with Crippen molar-refractivity contribution in [1.29, 1.82) is 0 Å². The van der Waals surface area contributed by atoms with Gasteiger partial charge in [-0.1, -0.05) is 43.7 Å². The van der Waals surface area contributed by atoms with E-state index in [1.807, 2.05) is 30.0 Å². The van der Waals surface area contributed by atoms with Crippen LogP contribution in [0.15, 0.2) is 48.5 Å². The number of unbranched alkanes of at least 4 members (excludes halogenated alkanes) is 1. The van der Waals surface area contributed by atoms with Crippen molar-refractivity contribution in [3.8, 4) is 0 Å². The Hall–Kier alpha value is -2.95. The maximum atomic E-state index is 13.2. The summed E-state index contributed by atoms with van der Waals surface area (Å²) < 4.78 is 0. The number of carbonyl (C=O) groups excluding carboxylic acids is 3. The molecule has 0 saturated carbocycles. The molecule has 5 nitrogen and oxygen atoms in total. The third-order valence-corrected chi connectivity index (χ3v) is 6.20. The molecule has 0 N–H and O–H groups in total. The normalized spacial score (nSPS) is 18.2. The number of nitrogens with zero attached hydrogens (tertiary/aromatic N) is 2. The van der Waals surface area contributed by atoms with Gasteiger partial charge in [0.05, 0.1) is 11.1 Å². The van der Waals surface area contributed by atoms with Crippen molar-refractivity contribution in [3.63, 3.8) is 0 Å². The second kappa shape index (κ2) is 8.82. The summed E-state index contributed by atoms with van der Waals surface area (Å²) in [7, 11) is 0. The number of benzene rings is 2. The van der Waals surface area contributed by atoms with Gasteiger partial charge in [0.25, 0.3) is 17.7 Å². The van der Waals surface area contributed by atoms with Crippen LogP contribution in [0.5, 0.6) is 0 Å². The first-order valence-electron chi connectivity index (χ1n) is 10.9. The molecule has 1 atom stereocenters. The number of likely N-dealkylation sites (tertiary alicyclic amines) is 1. The Morgan fingerprint density at radius 1 is 1.03 bits per heavy atom. The van der Waals surface area contributed by atoms with Crippen LogP contribution < -0.4 is 0 Å². The molecule has 3 amide bonds. The van der Waals surface area contributed by atoms with Gasteiger partial charge in [-0.15, -0.1) is 0 Å². The van der Waals surface area contributed by atoms with Crippen LogP contribution in [0.3, 0.4) is 0 Å². The van der Waals surface area contributed by atoms with E-state index in [0.29, 0.717) is 23.2 Å². The first-order valence-corrected chi connectivity index (χ1v) is 10.9. The number of amides is 3. The summed E-state index contributed by atoms with van der Waals surface area (Å²) >= 11 is 0. The average molecular weight is 405 g/mol. The van der Waals surface area contributed by atoms with Crippen molar-refractivity contribution in [2.24, 2.45) is 0 Å². The molecule has 0 aromatic heterocycles. The average Bonchev–Trinajstić information content (AvgIpc) is 3.34. The van der Waals surface area contributed by atoms with Crippen LogP contribution in [0.2, 0.25) is 0 Å². The standard InChI is InChI=1S/C25H28N2O3/c1-2-3-15-27-24(29)21-14-12-19(17-22(21)25(27)30)23(28)26-16-7-10-20(26)13-11-18-8-5-4-6-9-18/h4-6,8-9,12,14,17,20H,2-3,7,10-11,13,15-16H2,1H3. The number of hydrogen-bond donors (Lipinski definition) is 0. The topological polar surface area (TPSA) is 57.7 Å². The zero-order chi connectivity index (χ0) is 21.1. The zero-order valence-corrected chi connectivity index (χ0v) is 17.5. The molecule has 0 spiro atoms. The summed E-state index contributed by atoms with van der Waals surface area (Å²) in [6.45, 7) is 3.20. The van der Waals surface area contributed by atoms with Gasteiger partial charge in [0.15, 0.2) is 0 Å². The van der Waals surface area contributed by atoms with Crippen molar-refractivity contribution in [2.75, 3.05) is 13.1 Å². The van der Waals surface area contributed by atoms with E-state index in [1.54, 1.807) is 18.2 Å². The fourth-order valence-corrected chi connectivity index (χ4v) is 4.49. The SMILES string of the molecule is CCCCN1C(=O)c2ccc(C(=O)N3CCCC3CCc3ccccc3)cc2C1=O. The fourth-order valence-electron chi connectivity index (χ4n) is 4.49. The van der Waals surface area contributed by atoms with Gasteiger partial charge in [-0.25, -0.2) is 0 Å². The lowest BCUT2D eigenvalue weighted by atomic mass is 10.0. The Balaban J connectivity index is 1.48. The molecular formula is C25H28N2O3. The van der Waals surface area contributed by atoms with Crippen LogP contribution >= 0.6 is 0 Å². The fraction of sp³-hybridized carbons (Fsp3) is 0.400. The summed E-state index contributed by atoms with van der Waals surface area (Å²) in [6, 6.07) is 15.5. The van der Waals surface area contributed by atoms with Gasteiger partial charge in [-0.2, -0.15) is 0 Å². The molecule has 4 rings (SSSR count). The molecule has 2 heterocycles. The number of fused-ring (bicyclic) bond motifs is 1. The van der Waals surface area contributed by atoms with Gasteiger partial charge in [-0.05, 0) is 55.9 Å². The van der Waals surface area contributed by atoms with Crippen molar-refractivity contribution in [2.45, 2.75) is 51.5 Å². The Kier molecular flexibility index (Phi) is 5.98. The second-order valence-corrected chi connectivity index (χ2v) is 8.19. The Labute approximate surface area is 177 Å². The molecular weight excluding hydrogens is 376 g/mol. The maximum Gasteiger partial charge on any atom is 0.261 e. The predicted molar refractivity (Wildman–Crippen MR) is 116 cm³/mol. The van der Waals surface area contributed by atoms with Gasteiger partial charge in [0.1, 0.15) is 0 Å². The van der Waals surface area contributed by atoms with Crippen molar-refractivity contribution in [3.05, 3.63) is 70.8 Å². The summed E-state index contributed by atoms with van der Waals surface area (Å²) in [4.78, 5) is 41.7. The highest BCUT2D eigenvalue weighted by atomic mass is 16.2. The second-order valence-electron chi connectivity index (χ2n) is 8.19. The lowest BCUT2D eigenvalue weighted by Gasteiger charge is -2.25. The largest absolute Gasteiger partial charge is 0.336 e. The highest BCUT2D eigenvalue weighted by Crippen LogP contribution is 2.28. The summed E-state index contributed by atoms with van der Waals surface area (Å²) in [5.41, 5.74) is 2.56. The molecule has 0 aliphatic carbocycles.